The second-order valence-electron chi connectivity index (χ2n) is 8.07. The summed E-state index contributed by atoms with van der Waals surface area (Å²) in [5, 5.41) is 0. The van der Waals surface area contributed by atoms with Gasteiger partial charge in [-0.2, -0.15) is 8.42 Å². The van der Waals surface area contributed by atoms with Gasteiger partial charge >= 0.3 is 5.97 Å². The van der Waals surface area contributed by atoms with Gasteiger partial charge in [0, 0.05) is 29.8 Å². The van der Waals surface area contributed by atoms with E-state index in [1.165, 1.54) is 6.92 Å². The SMILES string of the molecule is CCOc1ccc(C(C)=O)cc1COC(=O)C1CCN(C2=NS(=O)(=O)c3ccccc32)CC1. The number of ether oxygens (including phenoxy) is 2. The number of esters is 1. The van der Waals surface area contributed by atoms with Crippen LogP contribution in [0, 0.1) is 5.92 Å². The zero-order valence-corrected chi connectivity index (χ0v) is 19.4. The highest BCUT2D eigenvalue weighted by Gasteiger charge is 2.34. The minimum Gasteiger partial charge on any atom is -0.493 e. The maximum atomic E-state index is 12.7. The highest BCUT2D eigenvalue weighted by Crippen LogP contribution is 2.30. The Balaban J connectivity index is 1.38. The molecule has 2 aromatic carbocycles. The number of hydrogen-bond acceptors (Lipinski definition) is 7. The lowest BCUT2D eigenvalue weighted by molar-refractivity contribution is -0.151. The molecule has 0 unspecified atom stereocenters. The number of carbonyl (C=O) groups is 2. The van der Waals surface area contributed by atoms with E-state index in [1.54, 1.807) is 42.5 Å². The molecule has 2 aliphatic rings. The van der Waals surface area contributed by atoms with Gasteiger partial charge in [0.2, 0.25) is 0 Å². The fourth-order valence-corrected chi connectivity index (χ4v) is 5.35. The molecule has 33 heavy (non-hydrogen) atoms. The summed E-state index contributed by atoms with van der Waals surface area (Å²) in [5.41, 5.74) is 1.79. The van der Waals surface area contributed by atoms with Gasteiger partial charge in [-0.1, -0.05) is 12.1 Å². The Kier molecular flexibility index (Phi) is 6.51. The van der Waals surface area contributed by atoms with E-state index in [0.29, 0.717) is 60.8 Å². The van der Waals surface area contributed by atoms with E-state index in [1.807, 2.05) is 11.8 Å². The molecule has 0 spiro atoms. The second kappa shape index (κ2) is 9.35. The molecule has 2 aromatic rings. The van der Waals surface area contributed by atoms with Crippen molar-refractivity contribution in [2.75, 3.05) is 19.7 Å². The Morgan fingerprint density at radius 3 is 2.55 bits per heavy atom. The molecule has 0 N–H and O–H groups in total. The number of Topliss-reactive ketones (excluding diaryl/α,β-unsaturated/α-hetero) is 1. The monoisotopic (exact) mass is 470 g/mol. The van der Waals surface area contributed by atoms with Crippen LogP contribution in [0.2, 0.25) is 0 Å². The highest BCUT2D eigenvalue weighted by atomic mass is 32.2. The zero-order chi connectivity index (χ0) is 23.6. The van der Waals surface area contributed by atoms with Gasteiger partial charge in [0.05, 0.1) is 12.5 Å². The second-order valence-corrected chi connectivity index (χ2v) is 9.64. The van der Waals surface area contributed by atoms with Crippen LogP contribution in [0.4, 0.5) is 0 Å². The number of benzene rings is 2. The lowest BCUT2D eigenvalue weighted by Crippen LogP contribution is -2.40. The van der Waals surface area contributed by atoms with Crippen LogP contribution < -0.4 is 4.74 Å². The minimum absolute atomic E-state index is 0.0217. The van der Waals surface area contributed by atoms with Crippen molar-refractivity contribution in [3.8, 4) is 5.75 Å². The summed E-state index contributed by atoms with van der Waals surface area (Å²) in [4.78, 5) is 26.6. The smallest absolute Gasteiger partial charge is 0.309 e. The van der Waals surface area contributed by atoms with Gasteiger partial charge in [-0.3, -0.25) is 9.59 Å². The third-order valence-electron chi connectivity index (χ3n) is 5.88. The molecule has 8 nitrogen and oxygen atoms in total. The van der Waals surface area contributed by atoms with E-state index in [0.717, 1.165) is 0 Å². The Morgan fingerprint density at radius 1 is 1.12 bits per heavy atom. The van der Waals surface area contributed by atoms with Crippen molar-refractivity contribution in [3.05, 3.63) is 59.2 Å². The summed E-state index contributed by atoms with van der Waals surface area (Å²) in [6.45, 7) is 4.84. The molecule has 0 aliphatic carbocycles. The molecule has 0 radical (unpaired) electrons. The van der Waals surface area contributed by atoms with Crippen molar-refractivity contribution >= 4 is 27.6 Å². The summed E-state index contributed by atoms with van der Waals surface area (Å²) < 4.78 is 39.8. The van der Waals surface area contributed by atoms with Crippen molar-refractivity contribution in [3.63, 3.8) is 0 Å². The molecule has 0 atom stereocenters. The topological polar surface area (TPSA) is 102 Å². The van der Waals surface area contributed by atoms with Crippen LogP contribution in [0.25, 0.3) is 0 Å². The molecule has 0 bridgehead atoms. The summed E-state index contributed by atoms with van der Waals surface area (Å²) >= 11 is 0. The Morgan fingerprint density at radius 2 is 1.85 bits per heavy atom. The summed E-state index contributed by atoms with van der Waals surface area (Å²) in [6, 6.07) is 11.9. The molecule has 1 saturated heterocycles. The normalized spacial score (nSPS) is 17.3. The molecule has 2 heterocycles. The van der Waals surface area contributed by atoms with E-state index < -0.39 is 10.0 Å². The standard InChI is InChI=1S/C24H26N2O6S/c1-3-31-21-9-8-18(16(2)27)14-19(21)15-32-24(28)17-10-12-26(13-11-17)23-20-6-4-5-7-22(20)33(29,30)25-23/h4-9,14,17H,3,10-13,15H2,1-2H3. The molecule has 0 aromatic heterocycles. The number of amidine groups is 1. The Bertz CT molecular complexity index is 1210. The minimum atomic E-state index is -3.67. The quantitative estimate of drug-likeness (QED) is 0.472. The van der Waals surface area contributed by atoms with Crippen LogP contribution in [0.5, 0.6) is 5.75 Å². The van der Waals surface area contributed by atoms with E-state index in [-0.39, 0.29) is 29.2 Å². The Hall–Kier alpha value is -3.20. The molecular formula is C24H26N2O6S. The van der Waals surface area contributed by atoms with Crippen molar-refractivity contribution in [1.82, 2.24) is 4.90 Å². The maximum absolute atomic E-state index is 12.7. The third-order valence-corrected chi connectivity index (χ3v) is 7.20. The molecule has 9 heteroatoms. The van der Waals surface area contributed by atoms with E-state index in [9.17, 15) is 18.0 Å². The van der Waals surface area contributed by atoms with Crippen LogP contribution in [-0.2, 0) is 26.2 Å². The fraction of sp³-hybridized carbons (Fsp3) is 0.375. The van der Waals surface area contributed by atoms with Crippen molar-refractivity contribution in [2.24, 2.45) is 10.3 Å². The summed E-state index contributed by atoms with van der Waals surface area (Å²) in [7, 11) is -3.67. The van der Waals surface area contributed by atoms with Crippen molar-refractivity contribution < 1.29 is 27.5 Å². The number of nitrogens with zero attached hydrogens (tertiary/aromatic N) is 2. The average Bonchev–Trinajstić information content (AvgIpc) is 3.09. The van der Waals surface area contributed by atoms with Gasteiger partial charge in [0.25, 0.3) is 10.0 Å². The first-order valence-corrected chi connectivity index (χ1v) is 12.4. The molecule has 2 aliphatic heterocycles. The molecule has 0 amide bonds. The summed E-state index contributed by atoms with van der Waals surface area (Å²) in [6.07, 6.45) is 1.07. The number of hydrogen-bond donors (Lipinski definition) is 0. The van der Waals surface area contributed by atoms with Crippen LogP contribution >= 0.6 is 0 Å². The molecular weight excluding hydrogens is 444 g/mol. The molecule has 4 rings (SSSR count). The van der Waals surface area contributed by atoms with Crippen LogP contribution in [0.1, 0.15) is 48.2 Å². The van der Waals surface area contributed by atoms with Gasteiger partial charge < -0.3 is 14.4 Å². The lowest BCUT2D eigenvalue weighted by Gasteiger charge is -2.32. The largest absolute Gasteiger partial charge is 0.493 e. The first kappa shape index (κ1) is 23.0. The van der Waals surface area contributed by atoms with E-state index >= 15 is 0 Å². The number of ketones is 1. The number of sulfonamides is 1. The van der Waals surface area contributed by atoms with Crippen LogP contribution in [0.3, 0.4) is 0 Å². The molecule has 0 saturated carbocycles. The van der Waals surface area contributed by atoms with Gasteiger partial charge in [0.15, 0.2) is 11.6 Å². The van der Waals surface area contributed by atoms with E-state index in [2.05, 4.69) is 4.40 Å². The van der Waals surface area contributed by atoms with Gasteiger partial charge in [-0.15, -0.1) is 4.40 Å². The fourth-order valence-electron chi connectivity index (χ4n) is 4.12. The Labute approximate surface area is 193 Å². The lowest BCUT2D eigenvalue weighted by atomic mass is 9.96. The first-order valence-electron chi connectivity index (χ1n) is 10.9. The zero-order valence-electron chi connectivity index (χ0n) is 18.6. The van der Waals surface area contributed by atoms with E-state index in [4.69, 9.17) is 9.47 Å². The van der Waals surface area contributed by atoms with Crippen LogP contribution in [0.15, 0.2) is 51.8 Å². The van der Waals surface area contributed by atoms with Crippen molar-refractivity contribution in [1.29, 1.82) is 0 Å². The van der Waals surface area contributed by atoms with Crippen LogP contribution in [-0.4, -0.2) is 50.6 Å². The average molecular weight is 471 g/mol. The number of fused-ring (bicyclic) bond motifs is 1. The number of rotatable bonds is 6. The molecule has 174 valence electrons. The predicted molar refractivity (Wildman–Crippen MR) is 122 cm³/mol. The number of carbonyl (C=O) groups excluding carboxylic acids is 2. The number of likely N-dealkylation sites (tertiary alicyclic amines) is 1. The van der Waals surface area contributed by atoms with Gasteiger partial charge in [-0.25, -0.2) is 0 Å². The van der Waals surface area contributed by atoms with Gasteiger partial charge in [0.1, 0.15) is 17.3 Å². The molecule has 1 fully saturated rings. The predicted octanol–water partition coefficient (Wildman–Crippen LogP) is 3.19. The first-order chi connectivity index (χ1) is 15.8. The summed E-state index contributed by atoms with van der Waals surface area (Å²) in [5.74, 6) is 0.355. The van der Waals surface area contributed by atoms with Crippen molar-refractivity contribution in [2.45, 2.75) is 38.2 Å². The third kappa shape index (κ3) is 4.78. The number of piperidine rings is 1. The highest BCUT2D eigenvalue weighted by molar-refractivity contribution is 7.90. The van der Waals surface area contributed by atoms with Gasteiger partial charge in [-0.05, 0) is 57.0 Å². The maximum Gasteiger partial charge on any atom is 0.309 e.